The number of hydrogen-bond donors (Lipinski definition) is 2. The van der Waals surface area contributed by atoms with E-state index in [1.54, 1.807) is 0 Å². The van der Waals surface area contributed by atoms with E-state index in [0.717, 1.165) is 12.2 Å². The lowest BCUT2D eigenvalue weighted by atomic mass is 10.3. The molecule has 1 aromatic carbocycles. The van der Waals surface area contributed by atoms with Crippen molar-refractivity contribution in [1.82, 2.24) is 9.21 Å². The molecule has 0 bridgehead atoms. The van der Waals surface area contributed by atoms with E-state index in [2.05, 4.69) is 10.2 Å². The summed E-state index contributed by atoms with van der Waals surface area (Å²) in [6.45, 7) is 2.25. The molecule has 8 nitrogen and oxygen atoms in total. The van der Waals surface area contributed by atoms with Crippen molar-refractivity contribution in [3.63, 3.8) is 0 Å². The summed E-state index contributed by atoms with van der Waals surface area (Å²) in [6.07, 6.45) is 1.61. The first kappa shape index (κ1) is 18.1. The van der Waals surface area contributed by atoms with Gasteiger partial charge in [-0.25, -0.2) is 13.2 Å². The maximum absolute atomic E-state index is 12.5. The molecule has 1 fully saturated rings. The van der Waals surface area contributed by atoms with E-state index >= 15 is 0 Å². The summed E-state index contributed by atoms with van der Waals surface area (Å²) < 4.78 is 26.5. The number of amides is 1. The number of carbonyl (C=O) groups is 2. The first-order valence-corrected chi connectivity index (χ1v) is 8.74. The van der Waals surface area contributed by atoms with Gasteiger partial charge in [0.2, 0.25) is 15.9 Å². The molecule has 0 unspecified atom stereocenters. The molecule has 1 aliphatic rings. The van der Waals surface area contributed by atoms with Crippen LogP contribution in [0.15, 0.2) is 41.3 Å². The zero-order chi connectivity index (χ0) is 17.7. The highest BCUT2D eigenvalue weighted by molar-refractivity contribution is 7.89. The number of benzene rings is 1. The van der Waals surface area contributed by atoms with Gasteiger partial charge in [0, 0.05) is 44.0 Å². The normalized spacial score (nSPS) is 17.0. The third-order valence-corrected chi connectivity index (χ3v) is 5.51. The minimum absolute atomic E-state index is 0.158. The first-order chi connectivity index (χ1) is 11.3. The molecule has 24 heavy (non-hydrogen) atoms. The van der Waals surface area contributed by atoms with Crippen LogP contribution in [0.25, 0.3) is 0 Å². The minimum Gasteiger partial charge on any atom is -0.478 e. The van der Waals surface area contributed by atoms with Crippen LogP contribution in [0.1, 0.15) is 0 Å². The third kappa shape index (κ3) is 4.63. The van der Waals surface area contributed by atoms with Gasteiger partial charge in [-0.2, -0.15) is 4.31 Å². The lowest BCUT2D eigenvalue weighted by Gasteiger charge is -2.31. The monoisotopic (exact) mass is 353 g/mol. The van der Waals surface area contributed by atoms with Crippen molar-refractivity contribution in [3.05, 3.63) is 36.4 Å². The van der Waals surface area contributed by atoms with Crippen LogP contribution in [-0.4, -0.2) is 67.8 Å². The van der Waals surface area contributed by atoms with Crippen molar-refractivity contribution >= 4 is 27.6 Å². The van der Waals surface area contributed by atoms with Crippen LogP contribution in [0.2, 0.25) is 0 Å². The van der Waals surface area contributed by atoms with Crippen LogP contribution in [0.5, 0.6) is 0 Å². The molecule has 1 amide bonds. The number of rotatable bonds is 5. The fourth-order valence-corrected chi connectivity index (χ4v) is 3.64. The zero-order valence-electron chi connectivity index (χ0n) is 13.2. The van der Waals surface area contributed by atoms with E-state index in [-0.39, 0.29) is 4.90 Å². The van der Waals surface area contributed by atoms with Crippen molar-refractivity contribution in [2.24, 2.45) is 0 Å². The fourth-order valence-electron chi connectivity index (χ4n) is 2.22. The Hall–Kier alpha value is -2.23. The van der Waals surface area contributed by atoms with E-state index in [1.165, 1.54) is 28.6 Å². The first-order valence-electron chi connectivity index (χ1n) is 7.30. The summed E-state index contributed by atoms with van der Waals surface area (Å²) in [5.41, 5.74) is 0.382. The highest BCUT2D eigenvalue weighted by Gasteiger charge is 2.27. The Morgan fingerprint density at radius 3 is 2.21 bits per heavy atom. The van der Waals surface area contributed by atoms with E-state index < -0.39 is 21.9 Å². The Balaban J connectivity index is 2.06. The third-order valence-electron chi connectivity index (χ3n) is 3.60. The van der Waals surface area contributed by atoms with Crippen LogP contribution in [0, 0.1) is 0 Å². The Bertz CT molecular complexity index is 735. The Morgan fingerprint density at radius 1 is 1.08 bits per heavy atom. The minimum atomic E-state index is -3.55. The second-order valence-corrected chi connectivity index (χ2v) is 7.33. The number of piperazine rings is 1. The molecule has 0 aromatic heterocycles. The van der Waals surface area contributed by atoms with Gasteiger partial charge in [0.1, 0.15) is 0 Å². The zero-order valence-corrected chi connectivity index (χ0v) is 14.0. The molecule has 1 aromatic rings. The van der Waals surface area contributed by atoms with Crippen LogP contribution in [0.3, 0.4) is 0 Å². The summed E-state index contributed by atoms with van der Waals surface area (Å²) in [7, 11) is -1.61. The number of carboxylic acid groups (broad SMARTS) is 1. The standard InChI is InChI=1S/C15H19N3O5S/c1-17-8-10-18(11-9-17)24(22,23)13-4-2-12(3-5-13)16-14(19)6-7-15(20)21/h2-7H,8-11H2,1H3,(H,16,19)(H,20,21). The number of nitrogens with one attached hydrogen (secondary N) is 1. The van der Waals surface area contributed by atoms with Gasteiger partial charge < -0.3 is 15.3 Å². The summed E-state index contributed by atoms with van der Waals surface area (Å²) in [6, 6.07) is 5.78. The van der Waals surface area contributed by atoms with Gasteiger partial charge in [-0.1, -0.05) is 0 Å². The number of likely N-dealkylation sites (N-methyl/N-ethyl adjacent to an activating group) is 1. The maximum Gasteiger partial charge on any atom is 0.328 e. The van der Waals surface area contributed by atoms with Gasteiger partial charge in [0.25, 0.3) is 0 Å². The Kier molecular flexibility index (Phi) is 5.71. The number of carboxylic acids is 1. The van der Waals surface area contributed by atoms with E-state index in [4.69, 9.17) is 5.11 Å². The number of sulfonamides is 1. The molecule has 0 saturated carbocycles. The molecule has 1 aliphatic heterocycles. The van der Waals surface area contributed by atoms with Gasteiger partial charge in [0.05, 0.1) is 4.90 Å². The maximum atomic E-state index is 12.5. The van der Waals surface area contributed by atoms with Gasteiger partial charge in [-0.15, -0.1) is 0 Å². The van der Waals surface area contributed by atoms with Crippen molar-refractivity contribution in [2.45, 2.75) is 4.90 Å². The quantitative estimate of drug-likeness (QED) is 0.733. The topological polar surface area (TPSA) is 107 Å². The number of aliphatic carboxylic acids is 1. The van der Waals surface area contributed by atoms with Crippen molar-refractivity contribution in [3.8, 4) is 0 Å². The number of nitrogens with zero attached hydrogens (tertiary/aromatic N) is 2. The summed E-state index contributed by atoms with van der Waals surface area (Å²) >= 11 is 0. The SMILES string of the molecule is CN1CCN(S(=O)(=O)c2ccc(NC(=O)C=CC(=O)O)cc2)CC1. The number of anilines is 1. The molecule has 0 aliphatic carbocycles. The van der Waals surface area contributed by atoms with Crippen molar-refractivity contribution < 1.29 is 23.1 Å². The molecule has 0 spiro atoms. The summed E-state index contributed by atoms with van der Waals surface area (Å²) in [5, 5.41) is 10.9. The predicted octanol–water partition coefficient (Wildman–Crippen LogP) is 0.202. The average molecular weight is 353 g/mol. The molecule has 1 heterocycles. The highest BCUT2D eigenvalue weighted by Crippen LogP contribution is 2.19. The van der Waals surface area contributed by atoms with Crippen LogP contribution in [-0.2, 0) is 19.6 Å². The van der Waals surface area contributed by atoms with E-state index in [1.807, 2.05) is 7.05 Å². The molecule has 1 saturated heterocycles. The number of carbonyl (C=O) groups excluding carboxylic acids is 1. The number of hydrogen-bond acceptors (Lipinski definition) is 5. The van der Waals surface area contributed by atoms with Crippen molar-refractivity contribution in [2.75, 3.05) is 38.5 Å². The van der Waals surface area contributed by atoms with Gasteiger partial charge in [-0.05, 0) is 31.3 Å². The molecular formula is C15H19N3O5S. The average Bonchev–Trinajstić information content (AvgIpc) is 2.54. The molecule has 0 radical (unpaired) electrons. The molecule has 2 N–H and O–H groups in total. The summed E-state index contributed by atoms with van der Waals surface area (Å²) in [4.78, 5) is 24.0. The van der Waals surface area contributed by atoms with Crippen LogP contribution >= 0.6 is 0 Å². The molecule has 2 rings (SSSR count). The predicted molar refractivity (Wildman–Crippen MR) is 88.1 cm³/mol. The van der Waals surface area contributed by atoms with Gasteiger partial charge in [0.15, 0.2) is 0 Å². The van der Waals surface area contributed by atoms with Gasteiger partial charge in [-0.3, -0.25) is 4.79 Å². The second-order valence-electron chi connectivity index (χ2n) is 5.39. The van der Waals surface area contributed by atoms with Gasteiger partial charge >= 0.3 is 5.97 Å². The molecule has 0 atom stereocenters. The fraction of sp³-hybridized carbons (Fsp3) is 0.333. The highest BCUT2D eigenvalue weighted by atomic mass is 32.2. The van der Waals surface area contributed by atoms with E-state index in [0.29, 0.717) is 31.9 Å². The van der Waals surface area contributed by atoms with Crippen LogP contribution in [0.4, 0.5) is 5.69 Å². The lowest BCUT2D eigenvalue weighted by molar-refractivity contribution is -0.131. The van der Waals surface area contributed by atoms with Crippen LogP contribution < -0.4 is 5.32 Å². The summed E-state index contributed by atoms with van der Waals surface area (Å²) in [5.74, 6) is -1.83. The largest absolute Gasteiger partial charge is 0.478 e. The second kappa shape index (κ2) is 7.56. The Morgan fingerprint density at radius 2 is 1.67 bits per heavy atom. The lowest BCUT2D eigenvalue weighted by Crippen LogP contribution is -2.46. The van der Waals surface area contributed by atoms with E-state index in [9.17, 15) is 18.0 Å². The molecule has 130 valence electrons. The van der Waals surface area contributed by atoms with Crippen molar-refractivity contribution in [1.29, 1.82) is 0 Å². The molecular weight excluding hydrogens is 334 g/mol. The Labute approximate surface area is 140 Å². The smallest absolute Gasteiger partial charge is 0.328 e. The molecule has 9 heteroatoms.